The average Bonchev–Trinajstić information content (AvgIpc) is 3.86. The molecule has 3 aliphatic carbocycles. The Bertz CT molecular complexity index is 2950. The predicted octanol–water partition coefficient (Wildman–Crippen LogP) is 8.37. The number of rotatable bonds is 15. The number of aliphatic hydroxyl groups excluding tert-OH is 1. The zero-order valence-corrected chi connectivity index (χ0v) is 42.8. The van der Waals surface area contributed by atoms with Crippen LogP contribution in [0.3, 0.4) is 0 Å². The van der Waals surface area contributed by atoms with Gasteiger partial charge in [-0.15, -0.1) is 0 Å². The summed E-state index contributed by atoms with van der Waals surface area (Å²) in [5.74, 6) is 9.42. The first-order valence-corrected chi connectivity index (χ1v) is 26.9. The average molecular weight is 992 g/mol. The van der Waals surface area contributed by atoms with Crippen LogP contribution >= 0.6 is 0 Å². The molecule has 1 saturated carbocycles. The van der Waals surface area contributed by atoms with Crippen molar-refractivity contribution < 1.29 is 39.4 Å². The van der Waals surface area contributed by atoms with Crippen molar-refractivity contribution in [3.63, 3.8) is 0 Å². The predicted molar refractivity (Wildman–Crippen MR) is 284 cm³/mol. The lowest BCUT2D eigenvalue weighted by atomic mass is 9.62. The topological polar surface area (TPSA) is 182 Å². The molecule has 13 heteroatoms. The van der Waals surface area contributed by atoms with Gasteiger partial charge in [0.05, 0.1) is 25.5 Å². The molecule has 0 radical (unpaired) electrons. The molecule has 4 heterocycles. The number of aromatic nitrogens is 1. The van der Waals surface area contributed by atoms with E-state index in [1.165, 1.54) is 30.4 Å². The van der Waals surface area contributed by atoms with Crippen LogP contribution < -0.4 is 35.5 Å². The molecule has 4 aromatic carbocycles. The highest BCUT2D eigenvalue weighted by molar-refractivity contribution is 5.90. The first-order chi connectivity index (χ1) is 35.4. The van der Waals surface area contributed by atoms with Crippen LogP contribution in [0.25, 0.3) is 28.1 Å². The monoisotopic (exact) mass is 992 g/mol. The molecule has 0 amide bonds. The largest absolute Gasteiger partial charge is 0.507 e. The maximum Gasteiger partial charge on any atom is 0.161 e. The Hall–Kier alpha value is -5.56. The Morgan fingerprint density at radius 1 is 0.932 bits per heavy atom. The number of fused-ring (bicyclic) bond motifs is 12. The van der Waals surface area contributed by atoms with Crippen molar-refractivity contribution in [3.05, 3.63) is 105 Å². The minimum absolute atomic E-state index is 0.0355. The highest BCUT2D eigenvalue weighted by Crippen LogP contribution is 2.62. The zero-order chi connectivity index (χ0) is 50.4. The fraction of sp³-hybridized carbons (Fsp3) is 0.500. The number of ether oxygens (including phenoxy) is 4. The standard InChI is InChI=1S/C60H73N5O8/c1-35(2)28-59(3,69)32-62-33-64-52-12-8-9-23-70-51-26-38(14-19-50(51)68)58-60(52,71-34-65-40-10-6-5-7-11-40)29-47-44-27-46-53(37-13-18-48-36(24-37)21-22-63-48)39(30-61-4)25-45-49(67)20-17-42(54(45)46)55(44)57-43(56(47)73-58)16-15-41(31-66)72-57/h13-14,17-22,24-26,35,40-41,46,52-53,58,61-69H,5-7,9-11,15-16,23,27-34H2,1-4H3/t41-,46+,52-,53-,58+,59-,60-/m0/s1. The SMILES string of the molecule is CNCC1=Cc2c(O)ccc3c2[C@H](Cc2c4c(c5c(c2-3)O[C@H](CO)CC5)O[C@@H]2c3ccc(O)c(c3)OCCC#C[C@H](NCNC[C@@](C)(O)CC(C)C)[C@@]2(OCNC2CCCCC2)C4)[C@H]1c1ccc2[nH]ccc2c1. The number of hydrogen-bond donors (Lipinski definition) is 9. The summed E-state index contributed by atoms with van der Waals surface area (Å²) >= 11 is 0. The molecule has 1 fully saturated rings. The van der Waals surface area contributed by atoms with E-state index >= 15 is 0 Å². The van der Waals surface area contributed by atoms with Crippen LogP contribution in [0.4, 0.5) is 0 Å². The molecule has 0 spiro atoms. The van der Waals surface area contributed by atoms with Crippen molar-refractivity contribution in [2.24, 2.45) is 5.92 Å². The van der Waals surface area contributed by atoms with Gasteiger partial charge in [-0.05, 0) is 146 Å². The van der Waals surface area contributed by atoms with E-state index in [-0.39, 0.29) is 43.3 Å². The van der Waals surface area contributed by atoms with E-state index in [9.17, 15) is 20.4 Å². The lowest BCUT2D eigenvalue weighted by Gasteiger charge is -2.50. The van der Waals surface area contributed by atoms with E-state index in [2.05, 4.69) is 88.3 Å². The van der Waals surface area contributed by atoms with E-state index in [4.69, 9.17) is 18.9 Å². The third kappa shape index (κ3) is 9.50. The molecule has 7 atom stereocenters. The van der Waals surface area contributed by atoms with Crippen LogP contribution in [0.15, 0.2) is 66.4 Å². The van der Waals surface area contributed by atoms with Gasteiger partial charge in [-0.3, -0.25) is 10.6 Å². The van der Waals surface area contributed by atoms with Crippen molar-refractivity contribution in [2.75, 3.05) is 46.8 Å². The maximum atomic E-state index is 11.8. The summed E-state index contributed by atoms with van der Waals surface area (Å²) < 4.78 is 28.6. The lowest BCUT2D eigenvalue weighted by molar-refractivity contribution is -0.144. The molecular formula is C60H73N5O8. The molecule has 0 unspecified atom stereocenters. The van der Waals surface area contributed by atoms with Gasteiger partial charge < -0.3 is 55.0 Å². The summed E-state index contributed by atoms with van der Waals surface area (Å²) in [5, 5.41) is 60.9. The van der Waals surface area contributed by atoms with Gasteiger partial charge in [-0.25, -0.2) is 0 Å². The summed E-state index contributed by atoms with van der Waals surface area (Å²) in [5.41, 5.74) is 9.12. The van der Waals surface area contributed by atoms with Crippen LogP contribution in [-0.2, 0) is 24.0 Å². The molecule has 2 bridgehead atoms. The van der Waals surface area contributed by atoms with Gasteiger partial charge in [0.15, 0.2) is 17.6 Å². The Balaban J connectivity index is 1.12. The van der Waals surface area contributed by atoms with Gasteiger partial charge in [0.2, 0.25) is 0 Å². The molecule has 386 valence electrons. The third-order valence-corrected chi connectivity index (χ3v) is 16.4. The van der Waals surface area contributed by atoms with Crippen molar-refractivity contribution in [1.29, 1.82) is 0 Å². The molecule has 0 saturated heterocycles. The second-order valence-corrected chi connectivity index (χ2v) is 22.2. The van der Waals surface area contributed by atoms with Gasteiger partial charge in [-0.1, -0.05) is 63.1 Å². The second-order valence-electron chi connectivity index (χ2n) is 22.2. The molecule has 6 aliphatic rings. The fourth-order valence-corrected chi connectivity index (χ4v) is 13.3. The molecule has 13 nitrogen and oxygen atoms in total. The van der Waals surface area contributed by atoms with Crippen LogP contribution in [0.5, 0.6) is 28.7 Å². The van der Waals surface area contributed by atoms with E-state index in [1.54, 1.807) is 6.07 Å². The second kappa shape index (κ2) is 20.6. The van der Waals surface area contributed by atoms with Crippen molar-refractivity contribution >= 4 is 17.0 Å². The van der Waals surface area contributed by atoms with E-state index in [0.717, 1.165) is 74.0 Å². The molecule has 73 heavy (non-hydrogen) atoms. The maximum absolute atomic E-state index is 11.8. The van der Waals surface area contributed by atoms with Crippen molar-refractivity contribution in [2.45, 2.75) is 139 Å². The number of likely N-dealkylation sites (N-methyl/N-ethyl adjacent to an activating group) is 1. The number of benzene rings is 4. The number of aliphatic hydroxyl groups is 2. The quantitative estimate of drug-likeness (QED) is 0.0278. The van der Waals surface area contributed by atoms with E-state index in [1.807, 2.05) is 38.4 Å². The zero-order valence-electron chi connectivity index (χ0n) is 42.8. The molecular weight excluding hydrogens is 919 g/mol. The molecule has 3 aliphatic heterocycles. The highest BCUT2D eigenvalue weighted by atomic mass is 16.6. The molecule has 11 rings (SSSR count). The molecule has 5 aromatic rings. The van der Waals surface area contributed by atoms with Gasteiger partial charge in [-0.2, -0.15) is 0 Å². The van der Waals surface area contributed by atoms with Gasteiger partial charge >= 0.3 is 0 Å². The Labute approximate surface area is 429 Å². The Morgan fingerprint density at radius 2 is 1.77 bits per heavy atom. The summed E-state index contributed by atoms with van der Waals surface area (Å²) in [6, 6.07) is 17.9. The Morgan fingerprint density at radius 3 is 2.59 bits per heavy atom. The number of phenols is 2. The van der Waals surface area contributed by atoms with Crippen molar-refractivity contribution in [3.8, 4) is 51.7 Å². The summed E-state index contributed by atoms with van der Waals surface area (Å²) in [7, 11) is 1.98. The third-order valence-electron chi connectivity index (χ3n) is 16.4. The first-order valence-electron chi connectivity index (χ1n) is 26.9. The van der Waals surface area contributed by atoms with E-state index in [0.29, 0.717) is 81.7 Å². The highest BCUT2D eigenvalue weighted by Gasteiger charge is 2.55. The normalized spacial score (nSPS) is 24.9. The number of aromatic amines is 1. The molecule has 9 N–H and O–H groups in total. The van der Waals surface area contributed by atoms with Gasteiger partial charge in [0, 0.05) is 78.5 Å². The lowest BCUT2D eigenvalue weighted by Crippen LogP contribution is -2.62. The number of aromatic hydroxyl groups is 2. The van der Waals surface area contributed by atoms with Crippen LogP contribution in [0.1, 0.15) is 129 Å². The number of hydrogen-bond acceptors (Lipinski definition) is 12. The number of H-pyrrole nitrogens is 1. The minimum atomic E-state index is -1.18. The minimum Gasteiger partial charge on any atom is -0.507 e. The first kappa shape index (κ1) is 49.6. The van der Waals surface area contributed by atoms with Crippen LogP contribution in [0.2, 0.25) is 0 Å². The van der Waals surface area contributed by atoms with Crippen LogP contribution in [0, 0.1) is 17.8 Å². The van der Waals surface area contributed by atoms with Gasteiger partial charge in [0.25, 0.3) is 0 Å². The summed E-state index contributed by atoms with van der Waals surface area (Å²) in [6.07, 6.45) is 12.0. The smallest absolute Gasteiger partial charge is 0.161 e. The summed E-state index contributed by atoms with van der Waals surface area (Å²) in [4.78, 5) is 3.38. The fourth-order valence-electron chi connectivity index (χ4n) is 13.3. The molecule has 1 aromatic heterocycles. The Kier molecular flexibility index (Phi) is 14.0. The number of nitrogens with one attached hydrogen (secondary N) is 5. The van der Waals surface area contributed by atoms with E-state index < -0.39 is 29.5 Å². The van der Waals surface area contributed by atoms with Crippen LogP contribution in [-0.4, -0.2) is 102 Å². The van der Waals surface area contributed by atoms with Crippen molar-refractivity contribution in [1.82, 2.24) is 26.3 Å². The number of phenolic OH excluding ortho intramolecular Hbond substituents is 2. The summed E-state index contributed by atoms with van der Waals surface area (Å²) in [6.45, 7) is 7.87. The van der Waals surface area contributed by atoms with Gasteiger partial charge in [0.1, 0.15) is 35.0 Å².